The second-order valence-corrected chi connectivity index (χ2v) is 4.45. The van der Waals surface area contributed by atoms with E-state index in [4.69, 9.17) is 9.47 Å². The van der Waals surface area contributed by atoms with Crippen LogP contribution in [0.3, 0.4) is 0 Å². The highest BCUT2D eigenvalue weighted by Crippen LogP contribution is 2.37. The van der Waals surface area contributed by atoms with Gasteiger partial charge in [0, 0.05) is 26.3 Å². The lowest BCUT2D eigenvalue weighted by atomic mass is 9.80. The Morgan fingerprint density at radius 3 is 2.78 bits per heavy atom. The third-order valence-electron chi connectivity index (χ3n) is 3.54. The highest BCUT2D eigenvalue weighted by atomic mass is 16.7. The molecule has 5 heteroatoms. The molecule has 1 aliphatic rings. The number of fused-ring (bicyclic) bond motifs is 1. The Kier molecular flexibility index (Phi) is 3.93. The summed E-state index contributed by atoms with van der Waals surface area (Å²) in [5.41, 5.74) is 1.05. The van der Waals surface area contributed by atoms with Crippen LogP contribution in [0.4, 0.5) is 5.82 Å². The third-order valence-corrected chi connectivity index (χ3v) is 3.54. The first-order valence-corrected chi connectivity index (χ1v) is 5.95. The van der Waals surface area contributed by atoms with E-state index in [1.165, 1.54) is 0 Å². The Bertz CT molecular complexity index is 420. The second-order valence-electron chi connectivity index (χ2n) is 4.45. The van der Waals surface area contributed by atoms with Crippen LogP contribution in [0.1, 0.15) is 18.4 Å². The van der Waals surface area contributed by atoms with Crippen LogP contribution in [-0.4, -0.2) is 37.8 Å². The Morgan fingerprint density at radius 2 is 2.17 bits per heavy atom. The van der Waals surface area contributed by atoms with Crippen LogP contribution in [-0.2, 0) is 14.3 Å². The minimum atomic E-state index is -0.474. The zero-order chi connectivity index (χ0) is 13.1. The van der Waals surface area contributed by atoms with E-state index >= 15 is 0 Å². The van der Waals surface area contributed by atoms with Gasteiger partial charge in [-0.05, 0) is 17.5 Å². The van der Waals surface area contributed by atoms with Crippen molar-refractivity contribution in [2.24, 2.45) is 5.92 Å². The van der Waals surface area contributed by atoms with Gasteiger partial charge in [-0.2, -0.15) is 0 Å². The van der Waals surface area contributed by atoms with Gasteiger partial charge in [0.05, 0.1) is 6.04 Å². The van der Waals surface area contributed by atoms with Crippen LogP contribution >= 0.6 is 0 Å². The maximum atomic E-state index is 11.4. The SMILES string of the molecule is COC(OC)C1Nc2ncccc2C(C)C1C=O. The van der Waals surface area contributed by atoms with Gasteiger partial charge in [0.15, 0.2) is 6.29 Å². The van der Waals surface area contributed by atoms with Crippen molar-refractivity contribution in [2.75, 3.05) is 19.5 Å². The summed E-state index contributed by atoms with van der Waals surface area (Å²) >= 11 is 0. The average Bonchev–Trinajstić information content (AvgIpc) is 2.41. The maximum Gasteiger partial charge on any atom is 0.177 e. The molecule has 3 unspecified atom stereocenters. The van der Waals surface area contributed by atoms with E-state index in [9.17, 15) is 4.79 Å². The van der Waals surface area contributed by atoms with Crippen molar-refractivity contribution < 1.29 is 14.3 Å². The fourth-order valence-corrected chi connectivity index (χ4v) is 2.52. The van der Waals surface area contributed by atoms with Gasteiger partial charge >= 0.3 is 0 Å². The molecule has 0 bridgehead atoms. The first-order valence-electron chi connectivity index (χ1n) is 5.95. The summed E-state index contributed by atoms with van der Waals surface area (Å²) in [6, 6.07) is 3.64. The van der Waals surface area contributed by atoms with Crippen LogP contribution in [0.2, 0.25) is 0 Å². The van der Waals surface area contributed by atoms with Crippen LogP contribution < -0.4 is 5.32 Å². The van der Waals surface area contributed by atoms with Crippen LogP contribution in [0, 0.1) is 5.92 Å². The lowest BCUT2D eigenvalue weighted by Gasteiger charge is -2.38. The smallest absolute Gasteiger partial charge is 0.177 e. The van der Waals surface area contributed by atoms with Gasteiger partial charge in [0.2, 0.25) is 0 Å². The number of hydrogen-bond acceptors (Lipinski definition) is 5. The van der Waals surface area contributed by atoms with Gasteiger partial charge in [0.1, 0.15) is 12.1 Å². The number of ether oxygens (including phenoxy) is 2. The van der Waals surface area contributed by atoms with E-state index in [-0.39, 0.29) is 17.9 Å². The second kappa shape index (κ2) is 5.46. The van der Waals surface area contributed by atoms with Gasteiger partial charge in [-0.1, -0.05) is 13.0 Å². The third kappa shape index (κ3) is 2.11. The summed E-state index contributed by atoms with van der Waals surface area (Å²) in [4.78, 5) is 15.7. The number of anilines is 1. The largest absolute Gasteiger partial charge is 0.361 e. The number of carbonyl (C=O) groups is 1. The molecule has 2 heterocycles. The lowest BCUT2D eigenvalue weighted by Crippen LogP contribution is -2.47. The molecule has 0 saturated carbocycles. The molecule has 1 aliphatic heterocycles. The number of carbonyl (C=O) groups excluding carboxylic acids is 1. The van der Waals surface area contributed by atoms with Crippen molar-refractivity contribution in [1.29, 1.82) is 0 Å². The normalized spacial score (nSPS) is 26.6. The van der Waals surface area contributed by atoms with E-state index in [1.54, 1.807) is 20.4 Å². The minimum absolute atomic E-state index is 0.0882. The van der Waals surface area contributed by atoms with Crippen LogP contribution in [0.25, 0.3) is 0 Å². The van der Waals surface area contributed by atoms with E-state index in [0.717, 1.165) is 17.7 Å². The molecule has 18 heavy (non-hydrogen) atoms. The molecule has 0 saturated heterocycles. The molecule has 0 radical (unpaired) electrons. The zero-order valence-corrected chi connectivity index (χ0v) is 10.8. The van der Waals surface area contributed by atoms with Gasteiger partial charge in [-0.15, -0.1) is 0 Å². The van der Waals surface area contributed by atoms with Gasteiger partial charge in [-0.25, -0.2) is 4.98 Å². The monoisotopic (exact) mass is 250 g/mol. The topological polar surface area (TPSA) is 60.5 Å². The predicted molar refractivity (Wildman–Crippen MR) is 67.4 cm³/mol. The van der Waals surface area contributed by atoms with Crippen molar-refractivity contribution in [3.05, 3.63) is 23.9 Å². The highest BCUT2D eigenvalue weighted by molar-refractivity contribution is 5.64. The molecule has 98 valence electrons. The molecule has 1 aromatic heterocycles. The Labute approximate surface area is 107 Å². The highest BCUT2D eigenvalue weighted by Gasteiger charge is 2.39. The summed E-state index contributed by atoms with van der Waals surface area (Å²) in [7, 11) is 3.13. The first kappa shape index (κ1) is 13.0. The number of rotatable bonds is 4. The summed E-state index contributed by atoms with van der Waals surface area (Å²) in [6.45, 7) is 2.02. The van der Waals surface area contributed by atoms with E-state index in [0.29, 0.717) is 0 Å². The summed E-state index contributed by atoms with van der Waals surface area (Å²) in [5.74, 6) is 0.684. The molecule has 0 spiro atoms. The molecule has 1 N–H and O–H groups in total. The molecular weight excluding hydrogens is 232 g/mol. The molecular formula is C13H18N2O3. The number of aromatic nitrogens is 1. The average molecular weight is 250 g/mol. The summed E-state index contributed by atoms with van der Waals surface area (Å²) in [5, 5.41) is 3.24. The van der Waals surface area contributed by atoms with Crippen molar-refractivity contribution in [3.63, 3.8) is 0 Å². The zero-order valence-electron chi connectivity index (χ0n) is 10.8. The van der Waals surface area contributed by atoms with Crippen molar-refractivity contribution in [3.8, 4) is 0 Å². The number of nitrogens with zero attached hydrogens (tertiary/aromatic N) is 1. The maximum absolute atomic E-state index is 11.4. The van der Waals surface area contributed by atoms with Crippen LogP contribution in [0.15, 0.2) is 18.3 Å². The predicted octanol–water partition coefficient (Wildman–Crippen LogP) is 1.41. The van der Waals surface area contributed by atoms with Crippen molar-refractivity contribution in [2.45, 2.75) is 25.2 Å². The summed E-state index contributed by atoms with van der Waals surface area (Å²) < 4.78 is 10.5. The number of methoxy groups -OCH3 is 2. The molecule has 3 atom stereocenters. The molecule has 0 fully saturated rings. The summed E-state index contributed by atoms with van der Waals surface area (Å²) in [6.07, 6.45) is 2.22. The van der Waals surface area contributed by atoms with Gasteiger partial charge < -0.3 is 19.6 Å². The first-order chi connectivity index (χ1) is 8.72. The van der Waals surface area contributed by atoms with Crippen molar-refractivity contribution in [1.82, 2.24) is 4.98 Å². The van der Waals surface area contributed by atoms with E-state index in [2.05, 4.69) is 10.3 Å². The molecule has 1 aromatic rings. The van der Waals surface area contributed by atoms with Gasteiger partial charge in [0.25, 0.3) is 0 Å². The fraction of sp³-hybridized carbons (Fsp3) is 0.538. The van der Waals surface area contributed by atoms with Crippen molar-refractivity contribution >= 4 is 12.1 Å². The molecule has 0 aromatic carbocycles. The number of pyridine rings is 1. The molecule has 5 nitrogen and oxygen atoms in total. The van der Waals surface area contributed by atoms with E-state index in [1.807, 2.05) is 19.1 Å². The number of nitrogens with one attached hydrogen (secondary N) is 1. The standard InChI is InChI=1S/C13H18N2O3/c1-8-9-5-4-6-14-12(9)15-11(10(8)7-16)13(17-2)18-3/h4-8,10-11,13H,1-3H3,(H,14,15). The Hall–Kier alpha value is -1.46. The Morgan fingerprint density at radius 1 is 1.44 bits per heavy atom. The Balaban J connectivity index is 2.36. The van der Waals surface area contributed by atoms with E-state index < -0.39 is 6.29 Å². The molecule has 0 amide bonds. The van der Waals surface area contributed by atoms with Crippen LogP contribution in [0.5, 0.6) is 0 Å². The number of aldehydes is 1. The van der Waals surface area contributed by atoms with Gasteiger partial charge in [-0.3, -0.25) is 0 Å². The lowest BCUT2D eigenvalue weighted by molar-refractivity contribution is -0.133. The molecule has 0 aliphatic carbocycles. The number of hydrogen-bond donors (Lipinski definition) is 1. The quantitative estimate of drug-likeness (QED) is 0.646. The molecule has 2 rings (SSSR count). The fourth-order valence-electron chi connectivity index (χ4n) is 2.52. The minimum Gasteiger partial charge on any atom is -0.361 e.